The molecule has 2 heterocycles. The Labute approximate surface area is 174 Å². The molecule has 0 bridgehead atoms. The first-order valence-electron chi connectivity index (χ1n) is 10.4. The molecule has 0 unspecified atom stereocenters. The van der Waals surface area contributed by atoms with Crippen molar-refractivity contribution >= 4 is 5.91 Å². The maximum atomic E-state index is 12.9. The van der Waals surface area contributed by atoms with E-state index in [-0.39, 0.29) is 5.91 Å². The highest BCUT2D eigenvalue weighted by atomic mass is 16.5. The van der Waals surface area contributed by atoms with Crippen LogP contribution in [-0.2, 0) is 6.54 Å². The number of carbonyl (C=O) groups excluding carboxylic acids is 1. The van der Waals surface area contributed by atoms with Gasteiger partial charge < -0.3 is 19.0 Å². The molecule has 29 heavy (non-hydrogen) atoms. The van der Waals surface area contributed by atoms with Gasteiger partial charge in [0.05, 0.1) is 13.4 Å². The first kappa shape index (κ1) is 21.4. The molecule has 1 aliphatic heterocycles. The summed E-state index contributed by atoms with van der Waals surface area (Å²) in [5, 5.41) is 0. The van der Waals surface area contributed by atoms with E-state index in [1.165, 1.54) is 5.56 Å². The molecule has 1 aliphatic rings. The lowest BCUT2D eigenvalue weighted by Gasteiger charge is -2.36. The van der Waals surface area contributed by atoms with Crippen LogP contribution in [0.1, 0.15) is 29.0 Å². The smallest absolute Gasteiger partial charge is 0.289 e. The topological polar surface area (TPSA) is 49.2 Å². The Morgan fingerprint density at radius 1 is 1.21 bits per heavy atom. The van der Waals surface area contributed by atoms with Crippen molar-refractivity contribution in [3.05, 3.63) is 54.0 Å². The number of piperidine rings is 1. The summed E-state index contributed by atoms with van der Waals surface area (Å²) >= 11 is 0. The number of likely N-dealkylation sites (N-methyl/N-ethyl adjacent to an activating group) is 1. The summed E-state index contributed by atoms with van der Waals surface area (Å²) in [5.41, 5.74) is 1.21. The average Bonchev–Trinajstić information content (AvgIpc) is 3.26. The van der Waals surface area contributed by atoms with Crippen LogP contribution in [0.15, 0.2) is 47.1 Å². The minimum absolute atomic E-state index is 0.0151. The number of amides is 1. The number of benzene rings is 1. The quantitative estimate of drug-likeness (QED) is 0.648. The molecule has 1 saturated heterocycles. The van der Waals surface area contributed by atoms with Gasteiger partial charge in [0.2, 0.25) is 0 Å². The highest BCUT2D eigenvalue weighted by molar-refractivity contribution is 5.91. The van der Waals surface area contributed by atoms with E-state index in [0.717, 1.165) is 51.3 Å². The van der Waals surface area contributed by atoms with Gasteiger partial charge in [0.15, 0.2) is 5.76 Å². The highest BCUT2D eigenvalue weighted by Crippen LogP contribution is 2.24. The number of carbonyl (C=O) groups is 1. The predicted molar refractivity (Wildman–Crippen MR) is 114 cm³/mol. The summed E-state index contributed by atoms with van der Waals surface area (Å²) < 4.78 is 10.9. The third kappa shape index (κ3) is 6.08. The number of rotatable bonds is 9. The molecule has 1 amide bonds. The number of para-hydroxylation sites is 1. The Bertz CT molecular complexity index is 760. The van der Waals surface area contributed by atoms with E-state index in [2.05, 4.69) is 21.9 Å². The highest BCUT2D eigenvalue weighted by Gasteiger charge is 2.26. The second-order valence-corrected chi connectivity index (χ2v) is 8.09. The molecule has 1 aromatic carbocycles. The normalized spacial score (nSPS) is 17.4. The third-order valence-corrected chi connectivity index (χ3v) is 5.50. The molecule has 0 saturated carbocycles. The van der Waals surface area contributed by atoms with Crippen LogP contribution in [0.5, 0.6) is 5.75 Å². The van der Waals surface area contributed by atoms with Gasteiger partial charge in [0, 0.05) is 38.3 Å². The van der Waals surface area contributed by atoms with Crippen molar-refractivity contribution in [3.63, 3.8) is 0 Å². The van der Waals surface area contributed by atoms with Crippen LogP contribution in [0.4, 0.5) is 0 Å². The molecule has 1 fully saturated rings. The van der Waals surface area contributed by atoms with Gasteiger partial charge in [-0.3, -0.25) is 9.69 Å². The molecule has 158 valence electrons. The first-order chi connectivity index (χ1) is 14.1. The van der Waals surface area contributed by atoms with Gasteiger partial charge >= 0.3 is 0 Å². The summed E-state index contributed by atoms with van der Waals surface area (Å²) in [6.45, 7) is 5.25. The number of nitrogens with zero attached hydrogens (tertiary/aromatic N) is 3. The van der Waals surface area contributed by atoms with E-state index in [9.17, 15) is 4.79 Å². The molecule has 0 radical (unpaired) electrons. The van der Waals surface area contributed by atoms with E-state index in [1.54, 1.807) is 25.5 Å². The molecular weight excluding hydrogens is 366 g/mol. The monoisotopic (exact) mass is 399 g/mol. The van der Waals surface area contributed by atoms with E-state index in [0.29, 0.717) is 18.2 Å². The summed E-state index contributed by atoms with van der Waals surface area (Å²) in [4.78, 5) is 19.5. The van der Waals surface area contributed by atoms with Crippen molar-refractivity contribution in [2.24, 2.45) is 5.92 Å². The lowest BCUT2D eigenvalue weighted by molar-refractivity contribution is 0.0630. The maximum absolute atomic E-state index is 12.9. The van der Waals surface area contributed by atoms with E-state index in [1.807, 2.05) is 31.1 Å². The van der Waals surface area contributed by atoms with Crippen LogP contribution in [0.25, 0.3) is 0 Å². The van der Waals surface area contributed by atoms with Gasteiger partial charge in [-0.2, -0.15) is 0 Å². The molecule has 1 aromatic heterocycles. The maximum Gasteiger partial charge on any atom is 0.289 e. The van der Waals surface area contributed by atoms with Crippen molar-refractivity contribution in [2.75, 3.05) is 53.9 Å². The van der Waals surface area contributed by atoms with Gasteiger partial charge in [0.25, 0.3) is 5.91 Å². The summed E-state index contributed by atoms with van der Waals surface area (Å²) in [6.07, 6.45) is 3.86. The zero-order valence-corrected chi connectivity index (χ0v) is 17.8. The summed E-state index contributed by atoms with van der Waals surface area (Å²) in [7, 11) is 5.79. The van der Waals surface area contributed by atoms with Crippen LogP contribution in [0.2, 0.25) is 0 Å². The predicted octanol–water partition coefficient (Wildman–Crippen LogP) is 3.20. The zero-order valence-electron chi connectivity index (χ0n) is 17.8. The van der Waals surface area contributed by atoms with Crippen molar-refractivity contribution in [1.82, 2.24) is 14.7 Å². The number of methoxy groups -OCH3 is 1. The second-order valence-electron chi connectivity index (χ2n) is 8.09. The number of likely N-dealkylation sites (tertiary alicyclic amines) is 1. The van der Waals surface area contributed by atoms with E-state index >= 15 is 0 Å². The molecule has 0 aliphatic carbocycles. The van der Waals surface area contributed by atoms with E-state index < -0.39 is 0 Å². The Hall–Kier alpha value is -2.31. The summed E-state index contributed by atoms with van der Waals surface area (Å²) in [5.74, 6) is 1.80. The van der Waals surface area contributed by atoms with E-state index in [4.69, 9.17) is 9.15 Å². The van der Waals surface area contributed by atoms with Gasteiger partial charge in [-0.15, -0.1) is 0 Å². The van der Waals surface area contributed by atoms with Crippen molar-refractivity contribution < 1.29 is 13.9 Å². The molecule has 2 aromatic rings. The van der Waals surface area contributed by atoms with Gasteiger partial charge in [-0.1, -0.05) is 18.2 Å². The van der Waals surface area contributed by atoms with Crippen LogP contribution < -0.4 is 4.74 Å². The largest absolute Gasteiger partial charge is 0.496 e. The van der Waals surface area contributed by atoms with Gasteiger partial charge in [0.1, 0.15) is 5.75 Å². The fourth-order valence-electron chi connectivity index (χ4n) is 3.98. The number of hydrogen-bond donors (Lipinski definition) is 0. The molecule has 6 heteroatoms. The second kappa shape index (κ2) is 10.5. The Kier molecular flexibility index (Phi) is 7.72. The zero-order chi connectivity index (χ0) is 20.6. The minimum Gasteiger partial charge on any atom is -0.496 e. The van der Waals surface area contributed by atoms with Gasteiger partial charge in [-0.05, 0) is 57.6 Å². The fourth-order valence-corrected chi connectivity index (χ4v) is 3.98. The van der Waals surface area contributed by atoms with Crippen LogP contribution >= 0.6 is 0 Å². The Morgan fingerprint density at radius 3 is 2.76 bits per heavy atom. The lowest BCUT2D eigenvalue weighted by Crippen LogP contribution is -2.44. The van der Waals surface area contributed by atoms with Crippen molar-refractivity contribution in [3.8, 4) is 5.75 Å². The summed E-state index contributed by atoms with van der Waals surface area (Å²) in [6, 6.07) is 11.7. The lowest BCUT2D eigenvalue weighted by atomic mass is 9.96. The molecule has 0 N–H and O–H groups in total. The molecule has 0 spiro atoms. The number of furan rings is 1. The van der Waals surface area contributed by atoms with Crippen LogP contribution in [-0.4, -0.2) is 74.5 Å². The van der Waals surface area contributed by atoms with Crippen LogP contribution in [0, 0.1) is 5.92 Å². The fraction of sp³-hybridized carbons (Fsp3) is 0.522. The van der Waals surface area contributed by atoms with Crippen molar-refractivity contribution in [2.45, 2.75) is 19.4 Å². The first-order valence-corrected chi connectivity index (χ1v) is 10.4. The molecular formula is C23H33N3O3. The number of ether oxygens (including phenoxy) is 1. The van der Waals surface area contributed by atoms with Gasteiger partial charge in [-0.25, -0.2) is 0 Å². The minimum atomic E-state index is -0.0151. The SMILES string of the molecule is COc1ccccc1CN1CCC[C@@H](CN(CCN(C)C)C(=O)c2ccco2)C1. The Balaban J connectivity index is 1.63. The van der Waals surface area contributed by atoms with Crippen molar-refractivity contribution in [1.29, 1.82) is 0 Å². The molecule has 3 rings (SSSR count). The molecule has 1 atom stereocenters. The number of hydrogen-bond acceptors (Lipinski definition) is 5. The van der Waals surface area contributed by atoms with Crippen LogP contribution in [0.3, 0.4) is 0 Å². The third-order valence-electron chi connectivity index (χ3n) is 5.50. The molecule has 6 nitrogen and oxygen atoms in total. The average molecular weight is 400 g/mol. The Morgan fingerprint density at radius 2 is 2.03 bits per heavy atom. The standard InChI is InChI=1S/C23H33N3O3/c1-24(2)13-14-26(23(27)22-11-7-15-29-22)17-19-8-6-12-25(16-19)18-20-9-4-5-10-21(20)28-3/h4-5,7,9-11,15,19H,6,8,12-14,16-18H2,1-3H3/t19-/m1/s1.